The minimum absolute atomic E-state index is 0.134. The molecule has 0 aliphatic carbocycles. The average molecular weight is 378 g/mol. The summed E-state index contributed by atoms with van der Waals surface area (Å²) < 4.78 is 10.2. The van der Waals surface area contributed by atoms with Gasteiger partial charge in [0.15, 0.2) is 5.75 Å². The largest absolute Gasteiger partial charge is 0.487 e. The first-order valence-corrected chi connectivity index (χ1v) is 8.62. The van der Waals surface area contributed by atoms with E-state index in [1.54, 1.807) is 26.8 Å². The highest BCUT2D eigenvalue weighted by molar-refractivity contribution is 7.17. The van der Waals surface area contributed by atoms with E-state index >= 15 is 0 Å². The van der Waals surface area contributed by atoms with Gasteiger partial charge in [-0.15, -0.1) is 0 Å². The van der Waals surface area contributed by atoms with Crippen LogP contribution < -0.4 is 10.2 Å². The number of aryl methyl sites for hydroxylation is 1. The second kappa shape index (κ2) is 8.90. The second-order valence-electron chi connectivity index (χ2n) is 4.94. The van der Waals surface area contributed by atoms with Crippen molar-refractivity contribution in [2.45, 2.75) is 20.8 Å². The van der Waals surface area contributed by atoms with Gasteiger partial charge in [-0.05, 0) is 32.9 Å². The summed E-state index contributed by atoms with van der Waals surface area (Å²) in [5, 5.41) is 15.5. The van der Waals surface area contributed by atoms with Crippen LogP contribution in [0.3, 0.4) is 0 Å². The molecule has 0 aliphatic rings. The molecule has 0 aliphatic heterocycles. The van der Waals surface area contributed by atoms with Crippen molar-refractivity contribution in [3.05, 3.63) is 44.4 Å². The number of rotatable bonds is 8. The molecular weight excluding hydrogens is 360 g/mol. The van der Waals surface area contributed by atoms with Gasteiger partial charge in [-0.25, -0.2) is 9.78 Å². The van der Waals surface area contributed by atoms with E-state index in [0.717, 1.165) is 11.3 Å². The molecule has 0 saturated carbocycles. The summed E-state index contributed by atoms with van der Waals surface area (Å²) in [5.41, 5.74) is 3.64. The second-order valence-corrected chi connectivity index (χ2v) is 5.94. The highest BCUT2D eigenvalue weighted by atomic mass is 32.1. The van der Waals surface area contributed by atoms with E-state index in [1.165, 1.54) is 18.3 Å². The first-order chi connectivity index (χ1) is 12.5. The van der Waals surface area contributed by atoms with E-state index < -0.39 is 10.9 Å². The molecule has 1 heterocycles. The van der Waals surface area contributed by atoms with Crippen LogP contribution in [0.25, 0.3) is 0 Å². The number of nitrogens with one attached hydrogen (secondary N) is 1. The van der Waals surface area contributed by atoms with Crippen LogP contribution in [-0.4, -0.2) is 35.3 Å². The van der Waals surface area contributed by atoms with Gasteiger partial charge in [-0.1, -0.05) is 11.3 Å². The van der Waals surface area contributed by atoms with Crippen molar-refractivity contribution in [3.8, 4) is 5.75 Å². The maximum atomic E-state index is 11.8. The van der Waals surface area contributed by atoms with Gasteiger partial charge in [-0.2, -0.15) is 5.10 Å². The maximum Gasteiger partial charge on any atom is 0.350 e. The Bertz CT molecular complexity index is 834. The molecule has 0 saturated heterocycles. The lowest BCUT2D eigenvalue weighted by Crippen LogP contribution is -2.03. The molecule has 0 bridgehead atoms. The van der Waals surface area contributed by atoms with Crippen molar-refractivity contribution in [1.82, 2.24) is 4.98 Å². The van der Waals surface area contributed by atoms with Crippen LogP contribution >= 0.6 is 11.3 Å². The predicted octanol–water partition coefficient (Wildman–Crippen LogP) is 3.38. The van der Waals surface area contributed by atoms with E-state index in [2.05, 4.69) is 15.5 Å². The minimum atomic E-state index is -0.508. The first-order valence-electron chi connectivity index (χ1n) is 7.81. The van der Waals surface area contributed by atoms with Crippen LogP contribution in [-0.2, 0) is 4.74 Å². The third-order valence-electron chi connectivity index (χ3n) is 3.11. The standard InChI is InChI=1S/C16H18N4O5S/c1-4-24-13-7-6-11(8-12(13)20(22)23)9-17-19-16-18-10(3)14(26-16)15(21)25-5-2/h6-9H,4-5H2,1-3H3,(H,18,19)/b17-9-. The predicted molar refractivity (Wildman–Crippen MR) is 98.3 cm³/mol. The average Bonchev–Trinajstić information content (AvgIpc) is 2.97. The topological polar surface area (TPSA) is 116 Å². The van der Waals surface area contributed by atoms with E-state index in [4.69, 9.17) is 9.47 Å². The number of carbonyl (C=O) groups is 1. The molecule has 0 unspecified atom stereocenters. The summed E-state index contributed by atoms with van der Waals surface area (Å²) in [6, 6.07) is 4.54. The molecule has 0 fully saturated rings. The molecule has 2 rings (SSSR count). The Balaban J connectivity index is 2.11. The summed E-state index contributed by atoms with van der Waals surface area (Å²) in [6.07, 6.45) is 1.42. The van der Waals surface area contributed by atoms with Crippen LogP contribution in [0.15, 0.2) is 23.3 Å². The Kier molecular flexibility index (Phi) is 6.61. The molecule has 0 amide bonds. The maximum absolute atomic E-state index is 11.8. The van der Waals surface area contributed by atoms with Gasteiger partial charge in [0.2, 0.25) is 5.13 Å². The number of thiazole rings is 1. The zero-order chi connectivity index (χ0) is 19.1. The Labute approximate surface area is 153 Å². The number of nitrogens with zero attached hydrogens (tertiary/aromatic N) is 3. The number of nitro groups is 1. The lowest BCUT2D eigenvalue weighted by atomic mass is 10.2. The van der Waals surface area contributed by atoms with Crippen molar-refractivity contribution >= 4 is 34.3 Å². The summed E-state index contributed by atoms with van der Waals surface area (Å²) >= 11 is 1.12. The molecule has 138 valence electrons. The van der Waals surface area contributed by atoms with Gasteiger partial charge in [0.1, 0.15) is 4.88 Å². The zero-order valence-corrected chi connectivity index (χ0v) is 15.3. The number of hydrazone groups is 1. The van der Waals surface area contributed by atoms with Crippen molar-refractivity contribution in [2.75, 3.05) is 18.6 Å². The fourth-order valence-corrected chi connectivity index (χ4v) is 2.84. The van der Waals surface area contributed by atoms with Gasteiger partial charge in [0.05, 0.1) is 30.0 Å². The van der Waals surface area contributed by atoms with Crippen molar-refractivity contribution in [2.24, 2.45) is 5.10 Å². The van der Waals surface area contributed by atoms with Crippen LogP contribution in [0.4, 0.5) is 10.8 Å². The fourth-order valence-electron chi connectivity index (χ4n) is 2.03. The van der Waals surface area contributed by atoms with Gasteiger partial charge in [0.25, 0.3) is 0 Å². The lowest BCUT2D eigenvalue weighted by molar-refractivity contribution is -0.385. The van der Waals surface area contributed by atoms with Gasteiger partial charge >= 0.3 is 11.7 Å². The summed E-state index contributed by atoms with van der Waals surface area (Å²) in [4.78, 5) is 27.0. The fraction of sp³-hybridized carbons (Fsp3) is 0.312. The number of benzene rings is 1. The van der Waals surface area contributed by atoms with Gasteiger partial charge < -0.3 is 9.47 Å². The number of anilines is 1. The summed E-state index contributed by atoms with van der Waals surface area (Å²) in [5.74, 6) is -0.223. The lowest BCUT2D eigenvalue weighted by Gasteiger charge is -2.04. The molecule has 0 atom stereocenters. The molecule has 1 aromatic heterocycles. The molecule has 9 nitrogen and oxygen atoms in total. The number of nitro benzene ring substituents is 1. The van der Waals surface area contributed by atoms with E-state index in [-0.39, 0.29) is 18.0 Å². The molecule has 1 aromatic carbocycles. The van der Waals surface area contributed by atoms with E-state index in [9.17, 15) is 14.9 Å². The number of hydrogen-bond donors (Lipinski definition) is 1. The molecule has 2 aromatic rings. The zero-order valence-electron chi connectivity index (χ0n) is 14.5. The highest BCUT2D eigenvalue weighted by Crippen LogP contribution is 2.27. The molecule has 26 heavy (non-hydrogen) atoms. The van der Waals surface area contributed by atoms with Crippen molar-refractivity contribution in [3.63, 3.8) is 0 Å². The number of carbonyl (C=O) groups excluding carboxylic acids is 1. The molecule has 10 heteroatoms. The Morgan fingerprint density at radius 3 is 2.85 bits per heavy atom. The quantitative estimate of drug-likeness (QED) is 0.324. The number of esters is 1. The molecule has 0 spiro atoms. The van der Waals surface area contributed by atoms with Gasteiger partial charge in [0, 0.05) is 11.6 Å². The normalized spacial score (nSPS) is 10.7. The molecule has 0 radical (unpaired) electrons. The Morgan fingerprint density at radius 2 is 2.19 bits per heavy atom. The smallest absolute Gasteiger partial charge is 0.350 e. The van der Waals surface area contributed by atoms with Crippen molar-refractivity contribution < 1.29 is 19.2 Å². The minimum Gasteiger partial charge on any atom is -0.487 e. The first kappa shape index (κ1) is 19.3. The number of ether oxygens (including phenoxy) is 2. The Morgan fingerprint density at radius 1 is 1.42 bits per heavy atom. The summed E-state index contributed by atoms with van der Waals surface area (Å²) in [6.45, 7) is 5.81. The summed E-state index contributed by atoms with van der Waals surface area (Å²) in [7, 11) is 0. The molecule has 1 N–H and O–H groups in total. The van der Waals surface area contributed by atoms with Crippen LogP contribution in [0.2, 0.25) is 0 Å². The van der Waals surface area contributed by atoms with Crippen LogP contribution in [0.1, 0.15) is 34.8 Å². The Hall–Kier alpha value is -3.01. The van der Waals surface area contributed by atoms with Crippen LogP contribution in [0.5, 0.6) is 5.75 Å². The highest BCUT2D eigenvalue weighted by Gasteiger charge is 2.16. The number of hydrogen-bond acceptors (Lipinski definition) is 9. The monoisotopic (exact) mass is 378 g/mol. The third kappa shape index (κ3) is 4.76. The number of aromatic nitrogens is 1. The van der Waals surface area contributed by atoms with E-state index in [1.807, 2.05) is 0 Å². The van der Waals surface area contributed by atoms with E-state index in [0.29, 0.717) is 27.9 Å². The van der Waals surface area contributed by atoms with Crippen LogP contribution in [0, 0.1) is 17.0 Å². The van der Waals surface area contributed by atoms with Crippen molar-refractivity contribution in [1.29, 1.82) is 0 Å². The van der Waals surface area contributed by atoms with Gasteiger partial charge in [-0.3, -0.25) is 15.5 Å². The molecular formula is C16H18N4O5S. The third-order valence-corrected chi connectivity index (χ3v) is 4.15. The SMILES string of the molecule is CCOC(=O)c1sc(N/N=C\c2ccc(OCC)c([N+](=O)[O-])c2)nc1C.